The van der Waals surface area contributed by atoms with E-state index in [9.17, 15) is 29.9 Å². The Kier molecular flexibility index (Phi) is 4.84. The average Bonchev–Trinajstić information content (AvgIpc) is 2.88. The minimum Gasteiger partial charge on any atom is -0.484 e. The number of para-hydroxylation sites is 2. The Balaban J connectivity index is 1.75. The number of nitrogens with zero attached hydrogens (tertiary/aromatic N) is 2. The van der Waals surface area contributed by atoms with Gasteiger partial charge in [-0.05, 0) is 6.07 Å². The summed E-state index contributed by atoms with van der Waals surface area (Å²) >= 11 is 0. The number of hydrogen-bond acceptors (Lipinski definition) is 8. The zero-order valence-electron chi connectivity index (χ0n) is 13.2. The molecule has 0 unspecified atom stereocenters. The quantitative estimate of drug-likeness (QED) is 0.456. The number of aromatic amines is 1. The van der Waals surface area contributed by atoms with Gasteiger partial charge in [-0.15, -0.1) is 0 Å². The second-order valence-electron chi connectivity index (χ2n) is 5.60. The Bertz CT molecular complexity index is 923. The van der Waals surface area contributed by atoms with Crippen LogP contribution >= 0.6 is 0 Å². The third kappa shape index (κ3) is 3.35. The third-order valence-electron chi connectivity index (χ3n) is 3.93. The van der Waals surface area contributed by atoms with Gasteiger partial charge in [0.05, 0.1) is 4.92 Å². The molecule has 2 aromatic rings. The van der Waals surface area contributed by atoms with E-state index in [1.165, 1.54) is 18.2 Å². The molecule has 3 rings (SSSR count). The van der Waals surface area contributed by atoms with Gasteiger partial charge in [-0.1, -0.05) is 12.1 Å². The fourth-order valence-corrected chi connectivity index (χ4v) is 2.63. The zero-order valence-corrected chi connectivity index (χ0v) is 13.2. The molecule has 4 atom stereocenters. The Morgan fingerprint density at radius 3 is 2.65 bits per heavy atom. The number of aliphatic hydroxyl groups excluding tert-OH is 2. The average molecular weight is 365 g/mol. The molecule has 1 fully saturated rings. The summed E-state index contributed by atoms with van der Waals surface area (Å²) in [7, 11) is 0. The highest BCUT2D eigenvalue weighted by atomic mass is 16.6. The number of nitrogens with one attached hydrogen (secondary N) is 1. The summed E-state index contributed by atoms with van der Waals surface area (Å²) in [5.41, 5.74) is -1.68. The highest BCUT2D eigenvalue weighted by molar-refractivity contribution is 5.45. The molecule has 1 aliphatic heterocycles. The van der Waals surface area contributed by atoms with Gasteiger partial charge in [0.25, 0.3) is 5.56 Å². The number of benzene rings is 1. The van der Waals surface area contributed by atoms with Crippen molar-refractivity contribution < 1.29 is 24.6 Å². The van der Waals surface area contributed by atoms with Crippen LogP contribution in [0.5, 0.6) is 5.75 Å². The van der Waals surface area contributed by atoms with Crippen molar-refractivity contribution in [2.75, 3.05) is 6.61 Å². The monoisotopic (exact) mass is 365 g/mol. The lowest BCUT2D eigenvalue weighted by Gasteiger charge is -2.16. The first-order valence-corrected chi connectivity index (χ1v) is 7.58. The first kappa shape index (κ1) is 17.8. The fraction of sp³-hybridized carbons (Fsp3) is 0.333. The van der Waals surface area contributed by atoms with Crippen LogP contribution < -0.4 is 16.0 Å². The number of nitro groups is 1. The van der Waals surface area contributed by atoms with E-state index < -0.39 is 40.7 Å². The summed E-state index contributed by atoms with van der Waals surface area (Å²) in [6, 6.07) is 6.75. The SMILES string of the molecule is O=c1ccn([C@@H]2O[C@H](COc3ccccc3[N+](=O)[O-])[C@@H](O)[C@H]2O)c(=O)[nH]1. The lowest BCUT2D eigenvalue weighted by molar-refractivity contribution is -0.386. The maximum atomic E-state index is 11.8. The summed E-state index contributed by atoms with van der Waals surface area (Å²) < 4.78 is 11.7. The highest BCUT2D eigenvalue weighted by Crippen LogP contribution is 2.30. The van der Waals surface area contributed by atoms with Gasteiger partial charge in [-0.3, -0.25) is 24.5 Å². The molecular formula is C15H15N3O8. The number of hydrogen-bond donors (Lipinski definition) is 3. The molecule has 2 heterocycles. The summed E-state index contributed by atoms with van der Waals surface area (Å²) in [5.74, 6) is -0.0209. The minimum absolute atomic E-state index is 0.0209. The smallest absolute Gasteiger partial charge is 0.330 e. The van der Waals surface area contributed by atoms with E-state index in [0.29, 0.717) is 0 Å². The Labute approximate surface area is 145 Å². The molecule has 0 amide bonds. The van der Waals surface area contributed by atoms with E-state index in [1.54, 1.807) is 6.07 Å². The van der Waals surface area contributed by atoms with Crippen LogP contribution in [0.15, 0.2) is 46.1 Å². The molecule has 0 radical (unpaired) electrons. The van der Waals surface area contributed by atoms with Crippen molar-refractivity contribution in [1.29, 1.82) is 0 Å². The number of aliphatic hydroxyl groups is 2. The van der Waals surface area contributed by atoms with Crippen LogP contribution in [0.4, 0.5) is 5.69 Å². The first-order valence-electron chi connectivity index (χ1n) is 7.58. The molecule has 3 N–H and O–H groups in total. The molecule has 1 aromatic carbocycles. The molecule has 1 saturated heterocycles. The second-order valence-corrected chi connectivity index (χ2v) is 5.60. The van der Waals surface area contributed by atoms with Crippen LogP contribution in [-0.4, -0.2) is 49.6 Å². The molecular weight excluding hydrogens is 350 g/mol. The van der Waals surface area contributed by atoms with E-state index in [0.717, 1.165) is 16.8 Å². The maximum absolute atomic E-state index is 11.8. The number of nitro benzene ring substituents is 1. The molecule has 1 aliphatic rings. The van der Waals surface area contributed by atoms with Gasteiger partial charge in [-0.25, -0.2) is 4.79 Å². The van der Waals surface area contributed by atoms with Gasteiger partial charge in [0, 0.05) is 18.3 Å². The van der Waals surface area contributed by atoms with Gasteiger partial charge in [0.2, 0.25) is 0 Å². The van der Waals surface area contributed by atoms with E-state index in [1.807, 2.05) is 4.98 Å². The molecule has 11 heteroatoms. The standard InChI is InChI=1S/C15H15N3O8/c19-11-5-6-17(15(22)16-11)14-13(21)12(20)10(26-14)7-25-9-4-2-1-3-8(9)18(23)24/h1-6,10,12-14,20-21H,7H2,(H,16,19,22)/t10-,12-,13-,14-/m1/s1. The van der Waals surface area contributed by atoms with Crippen LogP contribution in [0.25, 0.3) is 0 Å². The van der Waals surface area contributed by atoms with Crippen molar-refractivity contribution in [1.82, 2.24) is 9.55 Å². The van der Waals surface area contributed by atoms with Crippen LogP contribution in [0.3, 0.4) is 0 Å². The number of aromatic nitrogens is 2. The summed E-state index contributed by atoms with van der Waals surface area (Å²) in [6.07, 6.45) is -4.02. The molecule has 138 valence electrons. The molecule has 0 aliphatic carbocycles. The second kappa shape index (κ2) is 7.07. The predicted octanol–water partition coefficient (Wildman–Crippen LogP) is -0.857. The highest BCUT2D eigenvalue weighted by Gasteiger charge is 2.44. The van der Waals surface area contributed by atoms with Gasteiger partial charge in [-0.2, -0.15) is 0 Å². The number of ether oxygens (including phenoxy) is 2. The Morgan fingerprint density at radius 1 is 1.23 bits per heavy atom. The fourth-order valence-electron chi connectivity index (χ4n) is 2.63. The molecule has 1 aromatic heterocycles. The van der Waals surface area contributed by atoms with Crippen molar-refractivity contribution in [3.05, 3.63) is 67.5 Å². The molecule has 0 saturated carbocycles. The van der Waals surface area contributed by atoms with Crippen LogP contribution in [-0.2, 0) is 4.74 Å². The summed E-state index contributed by atoms with van der Waals surface area (Å²) in [5, 5.41) is 31.2. The normalized spacial score (nSPS) is 25.2. The third-order valence-corrected chi connectivity index (χ3v) is 3.93. The van der Waals surface area contributed by atoms with Crippen molar-refractivity contribution in [2.45, 2.75) is 24.5 Å². The van der Waals surface area contributed by atoms with Gasteiger partial charge in [0.1, 0.15) is 24.9 Å². The topological polar surface area (TPSA) is 157 Å². The van der Waals surface area contributed by atoms with Gasteiger partial charge < -0.3 is 19.7 Å². The maximum Gasteiger partial charge on any atom is 0.330 e. The molecule has 0 spiro atoms. The van der Waals surface area contributed by atoms with Crippen LogP contribution in [0, 0.1) is 10.1 Å². The van der Waals surface area contributed by atoms with E-state index in [4.69, 9.17) is 9.47 Å². The molecule has 11 nitrogen and oxygen atoms in total. The molecule has 0 bridgehead atoms. The lowest BCUT2D eigenvalue weighted by atomic mass is 10.1. The summed E-state index contributed by atoms with van der Waals surface area (Å²) in [6.45, 7) is -0.294. The molecule has 26 heavy (non-hydrogen) atoms. The predicted molar refractivity (Wildman–Crippen MR) is 85.8 cm³/mol. The van der Waals surface area contributed by atoms with Crippen molar-refractivity contribution in [2.24, 2.45) is 0 Å². The van der Waals surface area contributed by atoms with Crippen LogP contribution in [0.2, 0.25) is 0 Å². The largest absolute Gasteiger partial charge is 0.484 e. The van der Waals surface area contributed by atoms with E-state index >= 15 is 0 Å². The van der Waals surface area contributed by atoms with Crippen molar-refractivity contribution in [3.8, 4) is 5.75 Å². The Hall–Kier alpha value is -3.02. The van der Waals surface area contributed by atoms with E-state index in [-0.39, 0.29) is 18.0 Å². The van der Waals surface area contributed by atoms with Crippen molar-refractivity contribution >= 4 is 5.69 Å². The van der Waals surface area contributed by atoms with Crippen molar-refractivity contribution in [3.63, 3.8) is 0 Å². The van der Waals surface area contributed by atoms with Crippen LogP contribution in [0.1, 0.15) is 6.23 Å². The summed E-state index contributed by atoms with van der Waals surface area (Å²) in [4.78, 5) is 35.3. The zero-order chi connectivity index (χ0) is 18.8. The van der Waals surface area contributed by atoms with E-state index in [2.05, 4.69) is 0 Å². The minimum atomic E-state index is -1.46. The van der Waals surface area contributed by atoms with Gasteiger partial charge in [0.15, 0.2) is 12.0 Å². The van der Waals surface area contributed by atoms with Gasteiger partial charge >= 0.3 is 11.4 Å². The number of H-pyrrole nitrogens is 1. The lowest BCUT2D eigenvalue weighted by Crippen LogP contribution is -2.37. The first-order chi connectivity index (χ1) is 12.4. The Morgan fingerprint density at radius 2 is 1.96 bits per heavy atom. The number of rotatable bonds is 5.